The summed E-state index contributed by atoms with van der Waals surface area (Å²) in [4.78, 5) is 15.4. The number of benzene rings is 1. The van der Waals surface area contributed by atoms with Gasteiger partial charge in [-0.25, -0.2) is 9.89 Å². The van der Waals surface area contributed by atoms with Gasteiger partial charge >= 0.3 is 5.97 Å². The lowest BCUT2D eigenvalue weighted by Gasteiger charge is -1.98. The Morgan fingerprint density at radius 1 is 1.29 bits per heavy atom. The van der Waals surface area contributed by atoms with Crippen molar-refractivity contribution in [3.63, 3.8) is 0 Å². The molecule has 0 aliphatic carbocycles. The average Bonchev–Trinajstić information content (AvgIpc) is 2.96. The molecule has 2 heterocycles. The van der Waals surface area contributed by atoms with Gasteiger partial charge in [-0.15, -0.1) is 0 Å². The molecule has 2 aromatic rings. The number of fused-ring (bicyclic) bond motifs is 1. The van der Waals surface area contributed by atoms with Gasteiger partial charge in [0, 0.05) is 11.8 Å². The molecule has 0 unspecified atom stereocenters. The van der Waals surface area contributed by atoms with Crippen LogP contribution < -0.4 is 5.32 Å². The maximum Gasteiger partial charge on any atom is 0.344 e. The highest BCUT2D eigenvalue weighted by Crippen LogP contribution is 2.28. The van der Waals surface area contributed by atoms with Gasteiger partial charge in [0.15, 0.2) is 5.76 Å². The van der Waals surface area contributed by atoms with E-state index in [1.54, 1.807) is 18.3 Å². The van der Waals surface area contributed by atoms with Crippen LogP contribution in [0, 0.1) is 0 Å². The number of hydrogen-bond acceptors (Lipinski definition) is 5. The van der Waals surface area contributed by atoms with Crippen LogP contribution in [0.2, 0.25) is 0 Å². The van der Waals surface area contributed by atoms with Crippen LogP contribution in [-0.2, 0) is 4.74 Å². The molecule has 2 N–H and O–H groups in total. The highest BCUT2D eigenvalue weighted by atomic mass is 16.5. The molecule has 0 atom stereocenters. The number of ether oxygens (including phenoxy) is 1. The van der Waals surface area contributed by atoms with Crippen LogP contribution in [0.25, 0.3) is 5.76 Å². The zero-order valence-corrected chi connectivity index (χ0v) is 8.68. The lowest BCUT2D eigenvalue weighted by atomic mass is 10.1. The molecule has 0 spiro atoms. The van der Waals surface area contributed by atoms with E-state index in [1.165, 1.54) is 6.33 Å². The molecule has 1 aliphatic heterocycles. The number of nitrogens with one attached hydrogen (secondary N) is 2. The van der Waals surface area contributed by atoms with E-state index >= 15 is 0 Å². The van der Waals surface area contributed by atoms with E-state index in [-0.39, 0.29) is 5.97 Å². The summed E-state index contributed by atoms with van der Waals surface area (Å²) in [7, 11) is 0. The normalized spacial score (nSPS) is 15.8. The van der Waals surface area contributed by atoms with Crippen LogP contribution in [0.15, 0.2) is 36.8 Å². The first-order chi connectivity index (χ1) is 8.34. The van der Waals surface area contributed by atoms with Crippen molar-refractivity contribution >= 4 is 17.7 Å². The fourth-order valence-electron chi connectivity index (χ4n) is 1.60. The zero-order valence-electron chi connectivity index (χ0n) is 8.68. The van der Waals surface area contributed by atoms with Crippen molar-refractivity contribution in [3.8, 4) is 0 Å². The number of nitrogens with zero attached hydrogens (tertiary/aromatic N) is 2. The van der Waals surface area contributed by atoms with Gasteiger partial charge in [-0.05, 0) is 6.07 Å². The van der Waals surface area contributed by atoms with Crippen LogP contribution in [0.3, 0.4) is 0 Å². The molecule has 0 fully saturated rings. The number of carbonyl (C=O) groups is 1. The SMILES string of the molecule is O=C1O/C(=C\Nc2ncn[nH]2)c2ccccc21. The molecule has 3 rings (SSSR count). The minimum Gasteiger partial charge on any atom is -0.421 e. The summed E-state index contributed by atoms with van der Waals surface area (Å²) in [6.45, 7) is 0. The minimum atomic E-state index is -0.341. The molecule has 6 heteroatoms. The van der Waals surface area contributed by atoms with Gasteiger partial charge in [0.05, 0.1) is 5.56 Å². The highest BCUT2D eigenvalue weighted by molar-refractivity contribution is 6.03. The van der Waals surface area contributed by atoms with Gasteiger partial charge in [0.25, 0.3) is 0 Å². The molecule has 1 aromatic carbocycles. The monoisotopic (exact) mass is 228 g/mol. The number of H-pyrrole nitrogens is 1. The number of carbonyl (C=O) groups excluding carboxylic acids is 1. The van der Waals surface area contributed by atoms with Gasteiger partial charge in [-0.2, -0.15) is 10.1 Å². The third-order valence-electron chi connectivity index (χ3n) is 2.37. The van der Waals surface area contributed by atoms with Gasteiger partial charge in [0.2, 0.25) is 5.95 Å². The van der Waals surface area contributed by atoms with Gasteiger partial charge < -0.3 is 10.1 Å². The van der Waals surface area contributed by atoms with E-state index in [0.717, 1.165) is 5.56 Å². The van der Waals surface area contributed by atoms with Crippen molar-refractivity contribution in [2.24, 2.45) is 0 Å². The second-order valence-electron chi connectivity index (χ2n) is 3.42. The Balaban J connectivity index is 1.91. The number of esters is 1. The van der Waals surface area contributed by atoms with E-state index in [2.05, 4.69) is 20.5 Å². The number of aromatic nitrogens is 3. The summed E-state index contributed by atoms with van der Waals surface area (Å²) >= 11 is 0. The summed E-state index contributed by atoms with van der Waals surface area (Å²) in [6, 6.07) is 7.21. The van der Waals surface area contributed by atoms with Gasteiger partial charge in [-0.3, -0.25) is 0 Å². The fourth-order valence-corrected chi connectivity index (χ4v) is 1.60. The second-order valence-corrected chi connectivity index (χ2v) is 3.42. The number of aromatic amines is 1. The Labute approximate surface area is 96.3 Å². The van der Waals surface area contributed by atoms with Gasteiger partial charge in [0.1, 0.15) is 6.33 Å². The first-order valence-electron chi connectivity index (χ1n) is 4.98. The zero-order chi connectivity index (χ0) is 11.7. The molecule has 1 aromatic heterocycles. The number of rotatable bonds is 2. The van der Waals surface area contributed by atoms with E-state index in [0.29, 0.717) is 17.3 Å². The third-order valence-corrected chi connectivity index (χ3v) is 2.37. The van der Waals surface area contributed by atoms with Crippen molar-refractivity contribution in [1.82, 2.24) is 15.2 Å². The molecule has 0 saturated heterocycles. The number of anilines is 1. The van der Waals surface area contributed by atoms with Crippen molar-refractivity contribution in [1.29, 1.82) is 0 Å². The second kappa shape index (κ2) is 3.75. The lowest BCUT2D eigenvalue weighted by molar-refractivity contribution is 0.0715. The van der Waals surface area contributed by atoms with Crippen molar-refractivity contribution in [2.75, 3.05) is 5.32 Å². The Morgan fingerprint density at radius 3 is 2.88 bits per heavy atom. The Morgan fingerprint density at radius 2 is 2.12 bits per heavy atom. The summed E-state index contributed by atoms with van der Waals surface area (Å²) < 4.78 is 5.13. The molecule has 0 saturated carbocycles. The standard InChI is InChI=1S/C11H8N4O2/c16-10-8-4-2-1-3-7(8)9(17-10)5-12-11-13-6-14-15-11/h1-6H,(H2,12,13,14,15)/b9-5-. The Bertz CT molecular complexity index is 589. The predicted octanol–water partition coefficient (Wildman–Crippen LogP) is 1.39. The molecule has 0 bridgehead atoms. The first-order valence-corrected chi connectivity index (χ1v) is 4.98. The molecule has 0 radical (unpaired) electrons. The molecule has 17 heavy (non-hydrogen) atoms. The number of hydrogen-bond donors (Lipinski definition) is 2. The third kappa shape index (κ3) is 1.65. The smallest absolute Gasteiger partial charge is 0.344 e. The molecule has 84 valence electrons. The highest BCUT2D eigenvalue weighted by Gasteiger charge is 2.25. The van der Waals surface area contributed by atoms with Gasteiger partial charge in [-0.1, -0.05) is 18.2 Å². The Hall–Kier alpha value is -2.63. The van der Waals surface area contributed by atoms with E-state index in [1.807, 2.05) is 12.1 Å². The molecular formula is C11H8N4O2. The Kier molecular flexibility index (Phi) is 2.11. The predicted molar refractivity (Wildman–Crippen MR) is 59.8 cm³/mol. The van der Waals surface area contributed by atoms with Crippen LogP contribution in [0.4, 0.5) is 5.95 Å². The van der Waals surface area contributed by atoms with Crippen molar-refractivity contribution < 1.29 is 9.53 Å². The largest absolute Gasteiger partial charge is 0.421 e. The van der Waals surface area contributed by atoms with Crippen LogP contribution in [0.1, 0.15) is 15.9 Å². The lowest BCUT2D eigenvalue weighted by Crippen LogP contribution is -1.94. The van der Waals surface area contributed by atoms with Crippen molar-refractivity contribution in [3.05, 3.63) is 47.9 Å². The molecule has 1 aliphatic rings. The van der Waals surface area contributed by atoms with E-state index in [4.69, 9.17) is 4.74 Å². The summed E-state index contributed by atoms with van der Waals surface area (Å²) in [6.07, 6.45) is 2.96. The molecule has 0 amide bonds. The molecule has 6 nitrogen and oxygen atoms in total. The number of cyclic esters (lactones) is 1. The van der Waals surface area contributed by atoms with Crippen molar-refractivity contribution in [2.45, 2.75) is 0 Å². The molecular weight excluding hydrogens is 220 g/mol. The quantitative estimate of drug-likeness (QED) is 0.759. The maximum absolute atomic E-state index is 11.5. The fraction of sp³-hybridized carbons (Fsp3) is 0. The minimum absolute atomic E-state index is 0.341. The first kappa shape index (κ1) is 9.59. The summed E-state index contributed by atoms with van der Waals surface area (Å²) in [5.74, 6) is 0.617. The summed E-state index contributed by atoms with van der Waals surface area (Å²) in [5.41, 5.74) is 1.34. The van der Waals surface area contributed by atoms with Crippen LogP contribution in [-0.4, -0.2) is 21.2 Å². The van der Waals surface area contributed by atoms with Crippen LogP contribution in [0.5, 0.6) is 0 Å². The van der Waals surface area contributed by atoms with E-state index in [9.17, 15) is 4.79 Å². The topological polar surface area (TPSA) is 79.9 Å². The average molecular weight is 228 g/mol. The van der Waals surface area contributed by atoms with Crippen LogP contribution >= 0.6 is 0 Å². The maximum atomic E-state index is 11.5. The summed E-state index contributed by atoms with van der Waals surface area (Å²) in [5, 5.41) is 9.19. The van der Waals surface area contributed by atoms with E-state index < -0.39 is 0 Å².